The van der Waals surface area contributed by atoms with Crippen molar-refractivity contribution in [2.24, 2.45) is 0 Å². The van der Waals surface area contributed by atoms with E-state index >= 15 is 0 Å². The van der Waals surface area contributed by atoms with Crippen LogP contribution in [-0.2, 0) is 0 Å². The fourth-order valence-corrected chi connectivity index (χ4v) is 3.12. The molecule has 0 aliphatic rings. The highest BCUT2D eigenvalue weighted by molar-refractivity contribution is 9.10. The van der Waals surface area contributed by atoms with Crippen LogP contribution in [0.25, 0.3) is 22.6 Å². The van der Waals surface area contributed by atoms with Crippen LogP contribution in [0, 0.1) is 0 Å². The van der Waals surface area contributed by atoms with Crippen LogP contribution in [0.5, 0.6) is 5.75 Å². The van der Waals surface area contributed by atoms with Crippen molar-refractivity contribution in [1.82, 2.24) is 4.98 Å². The van der Waals surface area contributed by atoms with Gasteiger partial charge in [-0.3, -0.25) is 4.79 Å². The van der Waals surface area contributed by atoms with Crippen LogP contribution >= 0.6 is 15.9 Å². The highest BCUT2D eigenvalue weighted by Crippen LogP contribution is 2.28. The van der Waals surface area contributed by atoms with E-state index < -0.39 is 0 Å². The monoisotopic (exact) mass is 422 g/mol. The van der Waals surface area contributed by atoms with Gasteiger partial charge in [0.2, 0.25) is 5.89 Å². The van der Waals surface area contributed by atoms with E-state index in [9.17, 15) is 4.79 Å². The minimum atomic E-state index is -0.188. The molecule has 1 N–H and O–H groups in total. The molecule has 0 spiro atoms. The lowest BCUT2D eigenvalue weighted by Gasteiger charge is -2.05. The van der Waals surface area contributed by atoms with Crippen LogP contribution in [0.15, 0.2) is 75.6 Å². The Hall–Kier alpha value is -3.12. The summed E-state index contributed by atoms with van der Waals surface area (Å²) in [5.74, 6) is 1.04. The predicted molar refractivity (Wildman–Crippen MR) is 108 cm³/mol. The fourth-order valence-electron chi connectivity index (χ4n) is 2.72. The summed E-state index contributed by atoms with van der Waals surface area (Å²) in [5.41, 5.74) is 3.36. The van der Waals surface area contributed by atoms with Crippen molar-refractivity contribution in [2.75, 3.05) is 12.4 Å². The lowest BCUT2D eigenvalue weighted by atomic mass is 10.2. The number of ether oxygens (including phenoxy) is 1. The van der Waals surface area contributed by atoms with E-state index in [4.69, 9.17) is 9.15 Å². The van der Waals surface area contributed by atoms with Gasteiger partial charge in [0.25, 0.3) is 5.91 Å². The Bertz CT molecular complexity index is 1140. The first-order valence-electron chi connectivity index (χ1n) is 8.24. The number of aromatic nitrogens is 1. The number of benzene rings is 3. The summed E-state index contributed by atoms with van der Waals surface area (Å²) in [6.07, 6.45) is 0. The first kappa shape index (κ1) is 17.3. The third kappa shape index (κ3) is 3.71. The van der Waals surface area contributed by atoms with Gasteiger partial charge in [-0.25, -0.2) is 4.98 Å². The zero-order valence-corrected chi connectivity index (χ0v) is 16.0. The smallest absolute Gasteiger partial charge is 0.255 e. The van der Waals surface area contributed by atoms with E-state index in [1.807, 2.05) is 36.4 Å². The van der Waals surface area contributed by atoms with Crippen molar-refractivity contribution in [3.05, 3.63) is 76.8 Å². The quantitative estimate of drug-likeness (QED) is 0.470. The van der Waals surface area contributed by atoms with Gasteiger partial charge in [-0.1, -0.05) is 28.1 Å². The second-order valence-corrected chi connectivity index (χ2v) is 6.81. The molecule has 0 fully saturated rings. The highest BCUT2D eigenvalue weighted by Gasteiger charge is 2.11. The molecule has 1 heterocycles. The van der Waals surface area contributed by atoms with E-state index in [0.29, 0.717) is 28.2 Å². The molecule has 3 aromatic carbocycles. The predicted octanol–water partition coefficient (Wildman–Crippen LogP) is 5.52. The lowest BCUT2D eigenvalue weighted by Crippen LogP contribution is -2.11. The average Bonchev–Trinajstić information content (AvgIpc) is 3.11. The molecule has 1 aromatic heterocycles. The first-order valence-corrected chi connectivity index (χ1v) is 9.03. The Morgan fingerprint density at radius 3 is 2.74 bits per heavy atom. The molecule has 134 valence electrons. The Kier molecular flexibility index (Phi) is 4.64. The van der Waals surface area contributed by atoms with Crippen molar-refractivity contribution < 1.29 is 13.9 Å². The molecule has 0 bridgehead atoms. The molecule has 5 nitrogen and oxygen atoms in total. The number of carbonyl (C=O) groups excluding carboxylic acids is 1. The molecule has 0 radical (unpaired) electrons. The van der Waals surface area contributed by atoms with Crippen molar-refractivity contribution in [2.45, 2.75) is 0 Å². The Balaban J connectivity index is 1.61. The SMILES string of the molecule is COc1cccc(-c2nc3cc(NC(=O)c4cccc(Br)c4)ccc3o2)c1. The summed E-state index contributed by atoms with van der Waals surface area (Å²) >= 11 is 3.37. The van der Waals surface area contributed by atoms with Crippen molar-refractivity contribution >= 4 is 38.6 Å². The van der Waals surface area contributed by atoms with Crippen LogP contribution in [0.4, 0.5) is 5.69 Å². The number of hydrogen-bond donors (Lipinski definition) is 1. The zero-order valence-electron chi connectivity index (χ0n) is 14.4. The van der Waals surface area contributed by atoms with E-state index in [0.717, 1.165) is 15.8 Å². The number of halogens is 1. The number of nitrogens with one attached hydrogen (secondary N) is 1. The molecule has 0 aliphatic heterocycles. The van der Waals surface area contributed by atoms with Gasteiger partial charge in [0.05, 0.1) is 7.11 Å². The number of rotatable bonds is 4. The van der Waals surface area contributed by atoms with E-state index in [-0.39, 0.29) is 5.91 Å². The standard InChI is InChI=1S/C21H15BrN2O3/c1-26-17-7-3-5-14(11-17)21-24-18-12-16(8-9-19(18)27-21)23-20(25)13-4-2-6-15(22)10-13/h2-12H,1H3,(H,23,25). The number of nitrogens with zero attached hydrogens (tertiary/aromatic N) is 1. The summed E-state index contributed by atoms with van der Waals surface area (Å²) in [4.78, 5) is 16.9. The van der Waals surface area contributed by atoms with Crippen LogP contribution in [0.3, 0.4) is 0 Å². The van der Waals surface area contributed by atoms with Crippen molar-refractivity contribution in [3.8, 4) is 17.2 Å². The minimum absolute atomic E-state index is 0.188. The number of carbonyl (C=O) groups is 1. The number of methoxy groups -OCH3 is 1. The van der Waals surface area contributed by atoms with Crippen LogP contribution in [0.2, 0.25) is 0 Å². The zero-order chi connectivity index (χ0) is 18.8. The molecule has 0 aliphatic carbocycles. The van der Waals surface area contributed by atoms with E-state index in [1.165, 1.54) is 0 Å². The van der Waals surface area contributed by atoms with Gasteiger partial charge < -0.3 is 14.5 Å². The van der Waals surface area contributed by atoms with Gasteiger partial charge in [0, 0.05) is 21.3 Å². The van der Waals surface area contributed by atoms with Gasteiger partial charge in [0.15, 0.2) is 5.58 Å². The maximum absolute atomic E-state index is 12.4. The largest absolute Gasteiger partial charge is 0.497 e. The first-order chi connectivity index (χ1) is 13.1. The molecule has 27 heavy (non-hydrogen) atoms. The van der Waals surface area contributed by atoms with Crippen molar-refractivity contribution in [1.29, 1.82) is 0 Å². The molecule has 0 saturated carbocycles. The van der Waals surface area contributed by atoms with Crippen LogP contribution < -0.4 is 10.1 Å². The second kappa shape index (κ2) is 7.25. The minimum Gasteiger partial charge on any atom is -0.497 e. The molecule has 0 atom stereocenters. The van der Waals surface area contributed by atoms with Crippen molar-refractivity contribution in [3.63, 3.8) is 0 Å². The van der Waals surface area contributed by atoms with Crippen LogP contribution in [-0.4, -0.2) is 18.0 Å². The van der Waals surface area contributed by atoms with Gasteiger partial charge in [-0.2, -0.15) is 0 Å². The van der Waals surface area contributed by atoms with Gasteiger partial charge >= 0.3 is 0 Å². The third-order valence-electron chi connectivity index (χ3n) is 4.05. The Morgan fingerprint density at radius 2 is 1.93 bits per heavy atom. The van der Waals surface area contributed by atoms with Crippen LogP contribution in [0.1, 0.15) is 10.4 Å². The number of amides is 1. The average molecular weight is 423 g/mol. The molecular weight excluding hydrogens is 408 g/mol. The molecular formula is C21H15BrN2O3. The summed E-state index contributed by atoms with van der Waals surface area (Å²) < 4.78 is 11.9. The topological polar surface area (TPSA) is 64.4 Å². The summed E-state index contributed by atoms with van der Waals surface area (Å²) in [6, 6.07) is 20.1. The Morgan fingerprint density at radius 1 is 1.07 bits per heavy atom. The molecule has 4 rings (SSSR count). The van der Waals surface area contributed by atoms with Gasteiger partial charge in [0.1, 0.15) is 11.3 Å². The number of fused-ring (bicyclic) bond motifs is 1. The highest BCUT2D eigenvalue weighted by atomic mass is 79.9. The summed E-state index contributed by atoms with van der Waals surface area (Å²) in [6.45, 7) is 0. The molecule has 6 heteroatoms. The molecule has 4 aromatic rings. The lowest BCUT2D eigenvalue weighted by molar-refractivity contribution is 0.102. The molecule has 0 unspecified atom stereocenters. The molecule has 0 saturated heterocycles. The van der Waals surface area contributed by atoms with Gasteiger partial charge in [-0.05, 0) is 54.6 Å². The fraction of sp³-hybridized carbons (Fsp3) is 0.0476. The number of hydrogen-bond acceptors (Lipinski definition) is 4. The maximum atomic E-state index is 12.4. The van der Waals surface area contributed by atoms with Gasteiger partial charge in [-0.15, -0.1) is 0 Å². The normalized spacial score (nSPS) is 10.7. The van der Waals surface area contributed by atoms with E-state index in [1.54, 1.807) is 37.4 Å². The summed E-state index contributed by atoms with van der Waals surface area (Å²) in [7, 11) is 1.62. The number of anilines is 1. The summed E-state index contributed by atoms with van der Waals surface area (Å²) in [5, 5.41) is 2.88. The number of oxazole rings is 1. The molecule has 1 amide bonds. The Labute approximate surface area is 164 Å². The maximum Gasteiger partial charge on any atom is 0.255 e. The third-order valence-corrected chi connectivity index (χ3v) is 4.54. The second-order valence-electron chi connectivity index (χ2n) is 5.90. The van der Waals surface area contributed by atoms with E-state index in [2.05, 4.69) is 26.2 Å².